The van der Waals surface area contributed by atoms with Crippen LogP contribution in [-0.2, 0) is 4.74 Å². The van der Waals surface area contributed by atoms with Crippen LogP contribution in [0.2, 0.25) is 0 Å². The van der Waals surface area contributed by atoms with E-state index in [2.05, 4.69) is 5.32 Å². The van der Waals surface area contributed by atoms with E-state index in [4.69, 9.17) is 4.74 Å². The number of ether oxygens (including phenoxy) is 1. The van der Waals surface area contributed by atoms with Gasteiger partial charge in [-0.25, -0.2) is 0 Å². The lowest BCUT2D eigenvalue weighted by molar-refractivity contribution is -0.0605. The van der Waals surface area contributed by atoms with Crippen LogP contribution in [0.5, 0.6) is 0 Å². The smallest absolute Gasteiger partial charge is 0.288 e. The second-order valence-electron chi connectivity index (χ2n) is 4.89. The first-order chi connectivity index (χ1) is 10.0. The number of halogens is 2. The number of benzene rings is 1. The van der Waals surface area contributed by atoms with Gasteiger partial charge in [0.05, 0.1) is 11.2 Å². The molecule has 4 nitrogen and oxygen atoms in total. The summed E-state index contributed by atoms with van der Waals surface area (Å²) in [4.78, 5) is 12.3. The maximum absolute atomic E-state index is 12.5. The average molecular weight is 317 g/mol. The van der Waals surface area contributed by atoms with Gasteiger partial charge in [0, 0.05) is 37.5 Å². The number of aliphatic hydroxyl groups is 1. The molecule has 1 saturated heterocycles. The summed E-state index contributed by atoms with van der Waals surface area (Å²) >= 11 is 0.337. The van der Waals surface area contributed by atoms with E-state index in [9.17, 15) is 18.7 Å². The summed E-state index contributed by atoms with van der Waals surface area (Å²) in [6, 6.07) is 6.20. The van der Waals surface area contributed by atoms with Crippen molar-refractivity contribution in [3.63, 3.8) is 0 Å². The lowest BCUT2D eigenvalue weighted by Gasteiger charge is -2.32. The van der Waals surface area contributed by atoms with Crippen LogP contribution in [0.15, 0.2) is 29.2 Å². The van der Waals surface area contributed by atoms with Gasteiger partial charge in [0.2, 0.25) is 0 Å². The Labute approximate surface area is 125 Å². The molecule has 1 aromatic carbocycles. The highest BCUT2D eigenvalue weighted by molar-refractivity contribution is 7.99. The van der Waals surface area contributed by atoms with Crippen molar-refractivity contribution in [3.8, 4) is 0 Å². The number of nitrogens with one attached hydrogen (secondary N) is 1. The molecule has 21 heavy (non-hydrogen) atoms. The van der Waals surface area contributed by atoms with E-state index in [1.165, 1.54) is 12.1 Å². The van der Waals surface area contributed by atoms with Crippen LogP contribution in [0.25, 0.3) is 0 Å². The van der Waals surface area contributed by atoms with Crippen molar-refractivity contribution >= 4 is 17.7 Å². The molecular weight excluding hydrogens is 300 g/mol. The van der Waals surface area contributed by atoms with Crippen molar-refractivity contribution < 1.29 is 23.4 Å². The summed E-state index contributed by atoms with van der Waals surface area (Å²) in [5, 5.41) is 12.9. The Morgan fingerprint density at radius 1 is 1.38 bits per heavy atom. The normalized spacial score (nSPS) is 17.7. The third kappa shape index (κ3) is 4.66. The molecule has 0 aromatic heterocycles. The number of hydrogen-bond acceptors (Lipinski definition) is 4. The Balaban J connectivity index is 2.00. The zero-order valence-corrected chi connectivity index (χ0v) is 12.2. The highest BCUT2D eigenvalue weighted by atomic mass is 32.2. The molecule has 7 heteroatoms. The molecule has 2 rings (SSSR count). The molecule has 1 aliphatic rings. The third-order valence-electron chi connectivity index (χ3n) is 3.35. The maximum atomic E-state index is 12.5. The standard InChI is InChI=1S/C14H17F2NO3S/c15-13(16)21-11-4-2-1-3-10(11)12(18)17-9-14(19)5-7-20-8-6-14/h1-4,13,19H,5-9H2,(H,17,18). The maximum Gasteiger partial charge on any atom is 0.288 e. The van der Waals surface area contributed by atoms with Gasteiger partial charge in [-0.3, -0.25) is 4.79 Å². The van der Waals surface area contributed by atoms with Gasteiger partial charge in [0.1, 0.15) is 0 Å². The molecule has 0 radical (unpaired) electrons. The zero-order chi connectivity index (χ0) is 15.3. The Hall–Kier alpha value is -1.18. The Morgan fingerprint density at radius 2 is 2.05 bits per heavy atom. The van der Waals surface area contributed by atoms with Crippen LogP contribution in [0, 0.1) is 0 Å². The van der Waals surface area contributed by atoms with E-state index in [1.54, 1.807) is 12.1 Å². The molecule has 0 saturated carbocycles. The minimum Gasteiger partial charge on any atom is -0.388 e. The van der Waals surface area contributed by atoms with Gasteiger partial charge in [-0.1, -0.05) is 23.9 Å². The minimum absolute atomic E-state index is 0.0862. The topological polar surface area (TPSA) is 58.6 Å². The molecule has 1 fully saturated rings. The molecule has 1 heterocycles. The second-order valence-corrected chi connectivity index (χ2v) is 5.93. The fourth-order valence-electron chi connectivity index (χ4n) is 2.12. The molecule has 0 atom stereocenters. The molecule has 1 aliphatic heterocycles. The predicted octanol–water partition coefficient (Wildman–Crippen LogP) is 2.27. The lowest BCUT2D eigenvalue weighted by atomic mass is 9.94. The number of alkyl halides is 2. The third-order valence-corrected chi connectivity index (χ3v) is 4.14. The van der Waals surface area contributed by atoms with Crippen molar-refractivity contribution in [2.75, 3.05) is 19.8 Å². The highest BCUT2D eigenvalue weighted by Gasteiger charge is 2.30. The molecular formula is C14H17F2NO3S. The SMILES string of the molecule is O=C(NCC1(O)CCOCC1)c1ccccc1SC(F)F. The molecule has 0 unspecified atom stereocenters. The van der Waals surface area contributed by atoms with Gasteiger partial charge in [-0.15, -0.1) is 0 Å². The van der Waals surface area contributed by atoms with E-state index >= 15 is 0 Å². The number of rotatable bonds is 5. The largest absolute Gasteiger partial charge is 0.388 e. The van der Waals surface area contributed by atoms with Crippen molar-refractivity contribution in [3.05, 3.63) is 29.8 Å². The van der Waals surface area contributed by atoms with Gasteiger partial charge in [0.25, 0.3) is 11.7 Å². The number of carbonyl (C=O) groups excluding carboxylic acids is 1. The van der Waals surface area contributed by atoms with Crippen LogP contribution in [0.3, 0.4) is 0 Å². The summed E-state index contributed by atoms with van der Waals surface area (Å²) in [5.74, 6) is -3.04. The number of thioether (sulfide) groups is 1. The highest BCUT2D eigenvalue weighted by Crippen LogP contribution is 2.28. The molecule has 1 amide bonds. The minimum atomic E-state index is -2.58. The Kier molecular flexibility index (Phi) is 5.55. The first-order valence-corrected chi connectivity index (χ1v) is 7.50. The molecule has 1 aromatic rings. The first kappa shape index (κ1) is 16.2. The van der Waals surface area contributed by atoms with Gasteiger partial charge in [0.15, 0.2) is 0 Å². The lowest BCUT2D eigenvalue weighted by Crippen LogP contribution is -2.46. The fourth-order valence-corrected chi connectivity index (χ4v) is 2.76. The van der Waals surface area contributed by atoms with Crippen LogP contribution in [-0.4, -0.2) is 42.1 Å². The van der Waals surface area contributed by atoms with E-state index in [0.717, 1.165) is 0 Å². The number of hydrogen-bond donors (Lipinski definition) is 2. The Morgan fingerprint density at radius 3 is 2.71 bits per heavy atom. The van der Waals surface area contributed by atoms with E-state index in [1.807, 2.05) is 0 Å². The summed E-state index contributed by atoms with van der Waals surface area (Å²) < 4.78 is 30.1. The Bertz CT molecular complexity index is 493. The van der Waals surface area contributed by atoms with Crippen LogP contribution in [0.4, 0.5) is 8.78 Å². The van der Waals surface area contributed by atoms with Crippen molar-refractivity contribution in [2.24, 2.45) is 0 Å². The van der Waals surface area contributed by atoms with E-state index in [-0.39, 0.29) is 17.0 Å². The van der Waals surface area contributed by atoms with Crippen molar-refractivity contribution in [1.82, 2.24) is 5.32 Å². The summed E-state index contributed by atoms with van der Waals surface area (Å²) in [6.45, 7) is 0.983. The molecule has 0 spiro atoms. The summed E-state index contributed by atoms with van der Waals surface area (Å²) in [6.07, 6.45) is 0.890. The number of amides is 1. The molecule has 0 aliphatic carbocycles. The van der Waals surface area contributed by atoms with Gasteiger partial charge < -0.3 is 15.2 Å². The van der Waals surface area contributed by atoms with E-state index < -0.39 is 17.3 Å². The van der Waals surface area contributed by atoms with Crippen LogP contribution < -0.4 is 5.32 Å². The van der Waals surface area contributed by atoms with Crippen LogP contribution >= 0.6 is 11.8 Å². The first-order valence-electron chi connectivity index (χ1n) is 6.62. The fraction of sp³-hybridized carbons (Fsp3) is 0.500. The quantitative estimate of drug-likeness (QED) is 0.818. The monoisotopic (exact) mass is 317 g/mol. The summed E-state index contributed by atoms with van der Waals surface area (Å²) in [7, 11) is 0. The van der Waals surface area contributed by atoms with Gasteiger partial charge in [-0.05, 0) is 12.1 Å². The zero-order valence-electron chi connectivity index (χ0n) is 11.4. The molecule has 0 bridgehead atoms. The van der Waals surface area contributed by atoms with Crippen molar-refractivity contribution in [2.45, 2.75) is 29.1 Å². The van der Waals surface area contributed by atoms with E-state index in [0.29, 0.717) is 37.8 Å². The summed E-state index contributed by atoms with van der Waals surface area (Å²) in [5.41, 5.74) is -0.794. The number of carbonyl (C=O) groups is 1. The molecule has 116 valence electrons. The average Bonchev–Trinajstić information content (AvgIpc) is 2.46. The van der Waals surface area contributed by atoms with Gasteiger partial charge in [-0.2, -0.15) is 8.78 Å². The van der Waals surface area contributed by atoms with Crippen molar-refractivity contribution in [1.29, 1.82) is 0 Å². The van der Waals surface area contributed by atoms with Gasteiger partial charge >= 0.3 is 0 Å². The predicted molar refractivity (Wildman–Crippen MR) is 75.6 cm³/mol. The van der Waals surface area contributed by atoms with Crippen LogP contribution in [0.1, 0.15) is 23.2 Å². The second kappa shape index (κ2) is 7.20. The molecule has 2 N–H and O–H groups in total.